The summed E-state index contributed by atoms with van der Waals surface area (Å²) >= 11 is 0. The van der Waals surface area contributed by atoms with Crippen LogP contribution in [0.1, 0.15) is 91.5 Å². The molecule has 0 N–H and O–H groups in total. The second-order valence-electron chi connectivity index (χ2n) is 15.8. The molecule has 5 aromatic rings. The fourth-order valence-corrected chi connectivity index (χ4v) is 9.45. The first kappa shape index (κ1) is 37.7. The van der Waals surface area contributed by atoms with E-state index in [-0.39, 0.29) is 5.41 Å². The summed E-state index contributed by atoms with van der Waals surface area (Å²) in [5.74, 6) is 0. The molecule has 57 heavy (non-hydrogen) atoms. The van der Waals surface area contributed by atoms with Crippen LogP contribution in [-0.2, 0) is 11.8 Å². The fourth-order valence-electron chi connectivity index (χ4n) is 9.45. The average molecular weight is 737 g/mol. The quantitative estimate of drug-likeness (QED) is 0.134. The van der Waals surface area contributed by atoms with E-state index in [1.54, 1.807) is 0 Å². The van der Waals surface area contributed by atoms with Gasteiger partial charge < -0.3 is 0 Å². The lowest BCUT2D eigenvalue weighted by Gasteiger charge is -2.25. The maximum atomic E-state index is 4.44. The number of hydrogen-bond donors (Lipinski definition) is 0. The first-order valence-electron chi connectivity index (χ1n) is 20.5. The third-order valence-corrected chi connectivity index (χ3v) is 12.1. The number of benzene rings is 5. The molecule has 0 amide bonds. The van der Waals surface area contributed by atoms with Crippen LogP contribution < -0.4 is 0 Å². The first-order valence-corrected chi connectivity index (χ1v) is 20.5. The van der Waals surface area contributed by atoms with E-state index < -0.39 is 0 Å². The molecule has 5 aromatic carbocycles. The highest BCUT2D eigenvalue weighted by Crippen LogP contribution is 2.51. The minimum Gasteiger partial charge on any atom is -0.0984 e. The van der Waals surface area contributed by atoms with E-state index in [1.165, 1.54) is 89.1 Å². The maximum absolute atomic E-state index is 4.44. The summed E-state index contributed by atoms with van der Waals surface area (Å²) in [4.78, 5) is 0. The molecular weight excluding hydrogens is 685 g/mol. The predicted molar refractivity (Wildman–Crippen MR) is 250 cm³/mol. The Morgan fingerprint density at radius 1 is 0.649 bits per heavy atom. The van der Waals surface area contributed by atoms with Crippen LogP contribution in [0.2, 0.25) is 0 Å². The molecule has 0 atom stereocenters. The van der Waals surface area contributed by atoms with Crippen LogP contribution in [0.25, 0.3) is 63.3 Å². The molecule has 280 valence electrons. The molecule has 0 saturated carbocycles. The molecule has 0 aliphatic heterocycles. The Morgan fingerprint density at radius 3 is 1.96 bits per heavy atom. The number of allylic oxidation sites excluding steroid dienone is 12. The molecule has 0 heterocycles. The summed E-state index contributed by atoms with van der Waals surface area (Å²) in [5.41, 5.74) is 22.8. The van der Waals surface area contributed by atoms with E-state index >= 15 is 0 Å². The van der Waals surface area contributed by atoms with Crippen molar-refractivity contribution in [1.82, 2.24) is 0 Å². The van der Waals surface area contributed by atoms with Gasteiger partial charge in [-0.25, -0.2) is 0 Å². The molecule has 8 rings (SSSR count). The number of rotatable bonds is 10. The van der Waals surface area contributed by atoms with Gasteiger partial charge in [0.1, 0.15) is 0 Å². The molecule has 0 fully saturated rings. The third kappa shape index (κ3) is 6.85. The van der Waals surface area contributed by atoms with Crippen molar-refractivity contribution in [1.29, 1.82) is 0 Å². The molecule has 0 saturated heterocycles. The van der Waals surface area contributed by atoms with Gasteiger partial charge in [0.2, 0.25) is 0 Å². The van der Waals surface area contributed by atoms with E-state index in [2.05, 4.69) is 199 Å². The summed E-state index contributed by atoms with van der Waals surface area (Å²) in [5, 5.41) is 0. The van der Waals surface area contributed by atoms with Gasteiger partial charge in [0, 0.05) is 5.41 Å². The second kappa shape index (κ2) is 16.1. The molecule has 0 nitrogen and oxygen atoms in total. The smallest absolute Gasteiger partial charge is 0.0159 e. The van der Waals surface area contributed by atoms with Crippen molar-refractivity contribution in [2.45, 2.75) is 58.8 Å². The third-order valence-electron chi connectivity index (χ3n) is 12.1. The van der Waals surface area contributed by atoms with Crippen LogP contribution in [0.5, 0.6) is 0 Å². The van der Waals surface area contributed by atoms with E-state index in [0.29, 0.717) is 0 Å². The van der Waals surface area contributed by atoms with Crippen LogP contribution in [0.15, 0.2) is 176 Å². The zero-order valence-electron chi connectivity index (χ0n) is 33.9. The van der Waals surface area contributed by atoms with Crippen molar-refractivity contribution in [3.63, 3.8) is 0 Å². The van der Waals surface area contributed by atoms with E-state index in [1.807, 2.05) is 12.2 Å². The SMILES string of the molecule is C=Cc1c(/C=C\C)c(-c2ccc(/C(C3=C(Cc4ccccc4)C=CCC3)=C3\C=CC=CC3)cc2)c(/C=C\C)c(C=C)c1-c1ccc2c(c1)C(C)(C)c1ccccc1-2. The Kier molecular flexibility index (Phi) is 10.6. The van der Waals surface area contributed by atoms with Crippen molar-refractivity contribution >= 4 is 29.9 Å². The Hall–Kier alpha value is -6.24. The Balaban J connectivity index is 1.30. The molecule has 0 unspecified atom stereocenters. The lowest BCUT2D eigenvalue weighted by Crippen LogP contribution is -2.15. The topological polar surface area (TPSA) is 0 Å². The highest BCUT2D eigenvalue weighted by molar-refractivity contribution is 6.00. The molecule has 0 spiro atoms. The highest BCUT2D eigenvalue weighted by Gasteiger charge is 2.35. The van der Waals surface area contributed by atoms with Gasteiger partial charge in [0.15, 0.2) is 0 Å². The number of hydrogen-bond acceptors (Lipinski definition) is 0. The summed E-state index contributed by atoms with van der Waals surface area (Å²) in [6.07, 6.45) is 30.5. The summed E-state index contributed by atoms with van der Waals surface area (Å²) < 4.78 is 0. The standard InChI is InChI=1S/C57H52/c1-7-21-50-45(9-3)56(44-35-36-49-48-29-19-20-30-52(48)57(5,6)53(49)38-44)46(10-4)51(22-8-2)55(50)42-33-31-41(32-34-42)54(40-25-15-12-16-26-40)47-28-18-17-27-43(47)37-39-23-13-11-14-24-39/h7-17,19-25,27,29-36,38H,3-4,18,26,28,37H2,1-2,5-6H3/b21-7-,22-8-,54-40-. The van der Waals surface area contributed by atoms with Gasteiger partial charge in [0.05, 0.1) is 0 Å². The molecule has 3 aliphatic carbocycles. The lowest BCUT2D eigenvalue weighted by molar-refractivity contribution is 0.660. The Morgan fingerprint density at radius 2 is 1.30 bits per heavy atom. The van der Waals surface area contributed by atoms with Crippen molar-refractivity contribution in [2.24, 2.45) is 0 Å². The molecule has 0 bridgehead atoms. The highest BCUT2D eigenvalue weighted by atomic mass is 14.4. The normalized spacial score (nSPS) is 16.4. The monoisotopic (exact) mass is 736 g/mol. The van der Waals surface area contributed by atoms with Gasteiger partial charge in [-0.3, -0.25) is 0 Å². The van der Waals surface area contributed by atoms with E-state index in [9.17, 15) is 0 Å². The lowest BCUT2D eigenvalue weighted by atomic mass is 9.78. The zero-order chi connectivity index (χ0) is 39.5. The predicted octanol–water partition coefficient (Wildman–Crippen LogP) is 15.8. The number of fused-ring (bicyclic) bond motifs is 3. The largest absolute Gasteiger partial charge is 0.0984 e. The summed E-state index contributed by atoms with van der Waals surface area (Å²) in [6.45, 7) is 17.8. The van der Waals surface area contributed by atoms with Crippen molar-refractivity contribution in [3.05, 3.63) is 220 Å². The van der Waals surface area contributed by atoms with Crippen molar-refractivity contribution in [2.75, 3.05) is 0 Å². The summed E-state index contributed by atoms with van der Waals surface area (Å²) in [6, 6.07) is 36.1. The van der Waals surface area contributed by atoms with Crippen LogP contribution in [0.3, 0.4) is 0 Å². The first-order chi connectivity index (χ1) is 27.9. The second-order valence-corrected chi connectivity index (χ2v) is 15.8. The zero-order valence-corrected chi connectivity index (χ0v) is 33.9. The minimum absolute atomic E-state index is 0.102. The minimum atomic E-state index is -0.102. The van der Waals surface area contributed by atoms with Crippen LogP contribution in [-0.4, -0.2) is 0 Å². The van der Waals surface area contributed by atoms with Gasteiger partial charge in [0.25, 0.3) is 0 Å². The Labute approximate surface area is 340 Å². The van der Waals surface area contributed by atoms with Crippen LogP contribution in [0, 0.1) is 0 Å². The molecule has 3 aliphatic rings. The van der Waals surface area contributed by atoms with Crippen LogP contribution in [0.4, 0.5) is 0 Å². The maximum Gasteiger partial charge on any atom is 0.0159 e. The summed E-state index contributed by atoms with van der Waals surface area (Å²) in [7, 11) is 0. The molecule has 0 heteroatoms. The van der Waals surface area contributed by atoms with Gasteiger partial charge in [-0.05, 0) is 146 Å². The van der Waals surface area contributed by atoms with E-state index in [4.69, 9.17) is 0 Å². The average Bonchev–Trinajstić information content (AvgIpc) is 3.48. The fraction of sp³-hybridized carbons (Fsp3) is 0.158. The van der Waals surface area contributed by atoms with E-state index in [0.717, 1.165) is 36.8 Å². The van der Waals surface area contributed by atoms with Crippen molar-refractivity contribution in [3.8, 4) is 33.4 Å². The van der Waals surface area contributed by atoms with Gasteiger partial charge >= 0.3 is 0 Å². The van der Waals surface area contributed by atoms with Gasteiger partial charge in [-0.15, -0.1) is 0 Å². The molecular formula is C57H52. The molecule has 0 aromatic heterocycles. The Bertz CT molecular complexity index is 2560. The van der Waals surface area contributed by atoms with Gasteiger partial charge in [-0.1, -0.05) is 191 Å². The molecule has 0 radical (unpaired) electrons. The van der Waals surface area contributed by atoms with Crippen LogP contribution >= 0.6 is 0 Å². The van der Waals surface area contributed by atoms with Gasteiger partial charge in [-0.2, -0.15) is 0 Å². The van der Waals surface area contributed by atoms with Crippen molar-refractivity contribution < 1.29 is 0 Å².